The zero-order valence-corrected chi connectivity index (χ0v) is 25.3. The van der Waals surface area contributed by atoms with Crippen LogP contribution in [0.5, 0.6) is 5.75 Å². The van der Waals surface area contributed by atoms with Gasteiger partial charge in [-0.1, -0.05) is 52.7 Å². The molecule has 4 rings (SSSR count). The molecule has 7 nitrogen and oxygen atoms in total. The summed E-state index contributed by atoms with van der Waals surface area (Å²) in [6, 6.07) is 13.6. The third-order valence-electron chi connectivity index (χ3n) is 7.25. The van der Waals surface area contributed by atoms with Crippen molar-refractivity contribution in [2.75, 3.05) is 30.5 Å². The molecule has 1 amide bonds. The molecule has 40 heavy (non-hydrogen) atoms. The number of aromatic nitrogens is 2. The zero-order valence-electron chi connectivity index (χ0n) is 25.3. The standard InChI is InChI=1S/C29H35N5O2.C4H10/c1-7-8-9-20(3)32(5)26-15-12-23(18-19(26)2)33-17-16-25-27(21(4)30)31-34(28(25)29(33)35)22-10-13-24(36-6)14-11-22;1-3-4-2/h9-15,18H,4,7-8,16-17,30H2,1-3,5-6H3;3-4H2,1-2H3. The Labute approximate surface area is 239 Å². The molecule has 0 unspecified atom stereocenters. The Morgan fingerprint density at radius 1 is 1.10 bits per heavy atom. The smallest absolute Gasteiger partial charge is 0.277 e. The van der Waals surface area contributed by atoms with Crippen LogP contribution in [0.25, 0.3) is 11.4 Å². The van der Waals surface area contributed by atoms with Gasteiger partial charge < -0.3 is 20.3 Å². The molecule has 2 heterocycles. The number of methoxy groups -OCH3 is 1. The lowest BCUT2D eigenvalue weighted by atomic mass is 10.0. The zero-order chi connectivity index (χ0) is 29.4. The number of unbranched alkanes of at least 4 members (excludes halogenated alkanes) is 2. The molecule has 214 valence electrons. The van der Waals surface area contributed by atoms with Crippen molar-refractivity contribution in [2.24, 2.45) is 5.73 Å². The molecule has 1 aliphatic heterocycles. The normalized spacial score (nSPS) is 12.9. The van der Waals surface area contributed by atoms with E-state index in [-0.39, 0.29) is 5.91 Å². The summed E-state index contributed by atoms with van der Waals surface area (Å²) in [5, 5.41) is 4.69. The molecule has 0 atom stereocenters. The van der Waals surface area contributed by atoms with Crippen LogP contribution in [0.3, 0.4) is 0 Å². The molecule has 0 fully saturated rings. The predicted octanol–water partition coefficient (Wildman–Crippen LogP) is 7.27. The number of hydrogen-bond acceptors (Lipinski definition) is 5. The monoisotopic (exact) mass is 543 g/mol. The third kappa shape index (κ3) is 6.58. The van der Waals surface area contributed by atoms with Crippen molar-refractivity contribution in [3.05, 3.63) is 83.3 Å². The fraction of sp³-hybridized carbons (Fsp3) is 0.394. The Hall–Kier alpha value is -4.00. The Morgan fingerprint density at radius 2 is 1.75 bits per heavy atom. The van der Waals surface area contributed by atoms with Gasteiger partial charge in [0.25, 0.3) is 5.91 Å². The van der Waals surface area contributed by atoms with E-state index in [0.29, 0.717) is 30.1 Å². The second-order valence-electron chi connectivity index (χ2n) is 10.2. The summed E-state index contributed by atoms with van der Waals surface area (Å²) in [6.07, 6.45) is 7.71. The second-order valence-corrected chi connectivity index (χ2v) is 10.2. The van der Waals surface area contributed by atoms with Crippen molar-refractivity contribution in [2.45, 2.75) is 66.7 Å². The first-order valence-corrected chi connectivity index (χ1v) is 14.2. The summed E-state index contributed by atoms with van der Waals surface area (Å²) in [6.45, 7) is 15.2. The van der Waals surface area contributed by atoms with Crippen LogP contribution in [0.2, 0.25) is 0 Å². The minimum absolute atomic E-state index is 0.105. The lowest BCUT2D eigenvalue weighted by Crippen LogP contribution is -2.39. The number of aryl methyl sites for hydroxylation is 1. The highest BCUT2D eigenvalue weighted by Crippen LogP contribution is 2.33. The maximum Gasteiger partial charge on any atom is 0.277 e. The SMILES string of the molecule is C=C(N)c1nn(-c2ccc(OC)cc2)c2c1CCN(c1ccc(N(C)C(C)=CCCC)c(C)c1)C2=O.CCCC. The van der Waals surface area contributed by atoms with Crippen LogP contribution in [0.4, 0.5) is 11.4 Å². The third-order valence-corrected chi connectivity index (χ3v) is 7.25. The summed E-state index contributed by atoms with van der Waals surface area (Å²) in [5.74, 6) is 0.628. The van der Waals surface area contributed by atoms with Crippen molar-refractivity contribution >= 4 is 23.0 Å². The van der Waals surface area contributed by atoms with Crippen LogP contribution in [0, 0.1) is 6.92 Å². The molecule has 2 N–H and O–H groups in total. The second kappa shape index (κ2) is 13.9. The lowest BCUT2D eigenvalue weighted by molar-refractivity contribution is 0.0973. The number of hydrogen-bond donors (Lipinski definition) is 1. The number of rotatable bonds is 9. The average molecular weight is 544 g/mol. The number of carbonyl (C=O) groups is 1. The molecule has 1 aromatic heterocycles. The van der Waals surface area contributed by atoms with E-state index >= 15 is 0 Å². The highest BCUT2D eigenvalue weighted by atomic mass is 16.5. The van der Waals surface area contributed by atoms with E-state index in [1.165, 1.54) is 18.5 Å². The summed E-state index contributed by atoms with van der Waals surface area (Å²) >= 11 is 0. The van der Waals surface area contributed by atoms with Gasteiger partial charge in [-0.05, 0) is 74.7 Å². The van der Waals surface area contributed by atoms with Gasteiger partial charge in [0.2, 0.25) is 0 Å². The van der Waals surface area contributed by atoms with Crippen molar-refractivity contribution in [1.82, 2.24) is 9.78 Å². The number of amides is 1. The molecule has 0 saturated carbocycles. The van der Waals surface area contributed by atoms with E-state index in [9.17, 15) is 4.79 Å². The van der Waals surface area contributed by atoms with Crippen LogP contribution in [-0.4, -0.2) is 36.4 Å². The molecule has 0 bridgehead atoms. The van der Waals surface area contributed by atoms with Crippen LogP contribution in [0.15, 0.2) is 60.8 Å². The molecular formula is C33H45N5O2. The van der Waals surface area contributed by atoms with Crippen molar-refractivity contribution < 1.29 is 9.53 Å². The average Bonchev–Trinajstić information content (AvgIpc) is 3.37. The number of nitrogens with zero attached hydrogens (tertiary/aromatic N) is 4. The van der Waals surface area contributed by atoms with Gasteiger partial charge >= 0.3 is 0 Å². The van der Waals surface area contributed by atoms with Gasteiger partial charge in [-0.2, -0.15) is 5.10 Å². The Morgan fingerprint density at radius 3 is 2.30 bits per heavy atom. The van der Waals surface area contributed by atoms with Crippen molar-refractivity contribution in [3.8, 4) is 11.4 Å². The van der Waals surface area contributed by atoms with Gasteiger partial charge in [0.15, 0.2) is 0 Å². The number of fused-ring (bicyclic) bond motifs is 1. The summed E-state index contributed by atoms with van der Waals surface area (Å²) < 4.78 is 6.96. The van der Waals surface area contributed by atoms with Crippen molar-refractivity contribution in [3.63, 3.8) is 0 Å². The van der Waals surface area contributed by atoms with Gasteiger partial charge in [0.05, 0.1) is 18.5 Å². The molecule has 0 radical (unpaired) electrons. The highest BCUT2D eigenvalue weighted by molar-refractivity contribution is 6.08. The topological polar surface area (TPSA) is 76.6 Å². The predicted molar refractivity (Wildman–Crippen MR) is 168 cm³/mol. The Balaban J connectivity index is 0.00000103. The van der Waals surface area contributed by atoms with Crippen LogP contribution in [-0.2, 0) is 6.42 Å². The Bertz CT molecular complexity index is 1350. The highest BCUT2D eigenvalue weighted by Gasteiger charge is 2.33. The number of anilines is 2. The lowest BCUT2D eigenvalue weighted by Gasteiger charge is -2.29. The largest absolute Gasteiger partial charge is 0.497 e. The van der Waals surface area contributed by atoms with Gasteiger partial charge in [-0.15, -0.1) is 0 Å². The molecule has 0 saturated heterocycles. The maximum atomic E-state index is 13.9. The van der Waals surface area contributed by atoms with E-state index < -0.39 is 0 Å². The summed E-state index contributed by atoms with van der Waals surface area (Å²) in [5.41, 5.74) is 13.4. The number of allylic oxidation sites excluding steroid dienone is 2. The minimum Gasteiger partial charge on any atom is -0.497 e. The summed E-state index contributed by atoms with van der Waals surface area (Å²) in [7, 11) is 3.70. The first-order valence-electron chi connectivity index (χ1n) is 14.2. The molecule has 0 aliphatic carbocycles. The summed E-state index contributed by atoms with van der Waals surface area (Å²) in [4.78, 5) is 17.9. The fourth-order valence-electron chi connectivity index (χ4n) is 4.64. The number of carbonyl (C=O) groups excluding carboxylic acids is 1. The number of benzene rings is 2. The number of nitrogens with two attached hydrogens (primary N) is 1. The minimum atomic E-state index is -0.105. The molecule has 7 heteroatoms. The first kappa shape index (κ1) is 30.5. The Kier molecular flexibility index (Phi) is 10.6. The van der Waals surface area contributed by atoms with Gasteiger partial charge in [-0.3, -0.25) is 4.79 Å². The molecular weight excluding hydrogens is 498 g/mol. The van der Waals surface area contributed by atoms with Crippen LogP contribution < -0.4 is 20.3 Å². The van der Waals surface area contributed by atoms with E-state index in [4.69, 9.17) is 10.5 Å². The van der Waals surface area contributed by atoms with E-state index in [2.05, 4.69) is 76.5 Å². The van der Waals surface area contributed by atoms with Gasteiger partial charge in [0.1, 0.15) is 17.1 Å². The first-order chi connectivity index (χ1) is 19.2. The van der Waals surface area contributed by atoms with Crippen LogP contribution in [0.1, 0.15) is 80.7 Å². The maximum absolute atomic E-state index is 13.9. The van der Waals surface area contributed by atoms with E-state index in [1.54, 1.807) is 11.8 Å². The van der Waals surface area contributed by atoms with E-state index in [0.717, 1.165) is 46.8 Å². The molecule has 1 aliphatic rings. The van der Waals surface area contributed by atoms with Crippen molar-refractivity contribution in [1.29, 1.82) is 0 Å². The van der Waals surface area contributed by atoms with Gasteiger partial charge in [-0.25, -0.2) is 4.68 Å². The van der Waals surface area contributed by atoms with Crippen LogP contribution >= 0.6 is 0 Å². The fourth-order valence-corrected chi connectivity index (χ4v) is 4.64. The van der Waals surface area contributed by atoms with E-state index in [1.807, 2.05) is 35.2 Å². The van der Waals surface area contributed by atoms with Gasteiger partial charge in [0, 0.05) is 36.2 Å². The quantitative estimate of drug-likeness (QED) is 0.307. The molecule has 0 spiro atoms. The molecule has 3 aromatic rings. The molecule has 2 aromatic carbocycles. The number of ether oxygens (including phenoxy) is 1.